The van der Waals surface area contributed by atoms with Gasteiger partial charge in [-0.15, -0.1) is 0 Å². The van der Waals surface area contributed by atoms with Crippen LogP contribution < -0.4 is 4.57 Å². The van der Waals surface area contributed by atoms with Crippen molar-refractivity contribution >= 4 is 11.0 Å². The maximum absolute atomic E-state index is 2.35. The highest BCUT2D eigenvalue weighted by molar-refractivity contribution is 5.73. The molecule has 0 saturated heterocycles. The molecule has 2 heteroatoms. The SMILES string of the molecule is CCn1c(C)[n+](C)c2ccc(C)cc21. The molecule has 0 fully saturated rings. The lowest BCUT2D eigenvalue weighted by atomic mass is 10.2. The maximum atomic E-state index is 2.35. The van der Waals surface area contributed by atoms with E-state index < -0.39 is 0 Å². The Morgan fingerprint density at radius 3 is 2.64 bits per heavy atom. The van der Waals surface area contributed by atoms with Crippen molar-refractivity contribution in [3.63, 3.8) is 0 Å². The van der Waals surface area contributed by atoms with E-state index in [-0.39, 0.29) is 0 Å². The van der Waals surface area contributed by atoms with E-state index in [0.717, 1.165) is 6.54 Å². The Bertz CT molecular complexity index is 481. The molecule has 2 aromatic rings. The topological polar surface area (TPSA) is 8.81 Å². The first kappa shape index (κ1) is 9.25. The van der Waals surface area contributed by atoms with E-state index in [1.807, 2.05) is 0 Å². The highest BCUT2D eigenvalue weighted by Crippen LogP contribution is 2.15. The molecular formula is C12H17N2+. The fourth-order valence-electron chi connectivity index (χ4n) is 2.06. The number of nitrogens with zero attached hydrogens (tertiary/aromatic N) is 2. The van der Waals surface area contributed by atoms with Crippen molar-refractivity contribution in [2.75, 3.05) is 0 Å². The third kappa shape index (κ3) is 1.14. The van der Waals surface area contributed by atoms with E-state index in [9.17, 15) is 0 Å². The summed E-state index contributed by atoms with van der Waals surface area (Å²) in [5.74, 6) is 1.31. The molecule has 2 rings (SSSR count). The van der Waals surface area contributed by atoms with Crippen LogP contribution in [0.3, 0.4) is 0 Å². The van der Waals surface area contributed by atoms with E-state index in [0.29, 0.717) is 0 Å². The van der Waals surface area contributed by atoms with Crippen LogP contribution in [0.2, 0.25) is 0 Å². The molecular weight excluding hydrogens is 172 g/mol. The lowest BCUT2D eigenvalue weighted by Gasteiger charge is -1.94. The molecule has 0 aliphatic rings. The van der Waals surface area contributed by atoms with Gasteiger partial charge in [0, 0.05) is 6.92 Å². The van der Waals surface area contributed by atoms with Crippen LogP contribution in [0, 0.1) is 13.8 Å². The lowest BCUT2D eigenvalue weighted by Crippen LogP contribution is -2.30. The molecule has 1 aromatic carbocycles. The van der Waals surface area contributed by atoms with Crippen molar-refractivity contribution in [3.05, 3.63) is 29.6 Å². The number of aromatic nitrogens is 2. The van der Waals surface area contributed by atoms with Crippen molar-refractivity contribution < 1.29 is 4.57 Å². The molecule has 0 N–H and O–H groups in total. The van der Waals surface area contributed by atoms with E-state index in [1.54, 1.807) is 0 Å². The Morgan fingerprint density at radius 1 is 1.29 bits per heavy atom. The first-order valence-corrected chi connectivity index (χ1v) is 5.10. The molecule has 0 amide bonds. The van der Waals surface area contributed by atoms with Crippen LogP contribution in [0.15, 0.2) is 18.2 Å². The molecule has 0 radical (unpaired) electrons. The van der Waals surface area contributed by atoms with Crippen LogP contribution in [-0.4, -0.2) is 4.57 Å². The van der Waals surface area contributed by atoms with Crippen LogP contribution in [0.1, 0.15) is 18.3 Å². The number of rotatable bonds is 1. The summed E-state index contributed by atoms with van der Waals surface area (Å²) in [6.45, 7) is 7.53. The maximum Gasteiger partial charge on any atom is 0.253 e. The summed E-state index contributed by atoms with van der Waals surface area (Å²) in [6, 6.07) is 6.62. The molecule has 1 heterocycles. The highest BCUT2D eigenvalue weighted by Gasteiger charge is 2.16. The number of hydrogen-bond donors (Lipinski definition) is 0. The Labute approximate surface area is 84.8 Å². The molecule has 74 valence electrons. The molecule has 0 aliphatic carbocycles. The number of imidazole rings is 1. The summed E-state index contributed by atoms with van der Waals surface area (Å²) in [4.78, 5) is 0. The molecule has 2 nitrogen and oxygen atoms in total. The van der Waals surface area contributed by atoms with E-state index in [1.165, 1.54) is 22.4 Å². The van der Waals surface area contributed by atoms with Gasteiger partial charge in [-0.25, -0.2) is 9.13 Å². The smallest absolute Gasteiger partial charge is 0.230 e. The van der Waals surface area contributed by atoms with Gasteiger partial charge in [0.25, 0.3) is 5.82 Å². The summed E-state index contributed by atoms with van der Waals surface area (Å²) in [6.07, 6.45) is 0. The van der Waals surface area contributed by atoms with Gasteiger partial charge < -0.3 is 0 Å². The fraction of sp³-hybridized carbons (Fsp3) is 0.417. The second-order valence-corrected chi connectivity index (χ2v) is 3.84. The molecule has 0 aliphatic heterocycles. The highest BCUT2D eigenvalue weighted by atomic mass is 15.1. The quantitative estimate of drug-likeness (QED) is 0.607. The van der Waals surface area contributed by atoms with E-state index in [4.69, 9.17) is 0 Å². The first-order valence-electron chi connectivity index (χ1n) is 5.10. The predicted molar refractivity (Wildman–Crippen MR) is 58.3 cm³/mol. The van der Waals surface area contributed by atoms with Crippen LogP contribution in [0.4, 0.5) is 0 Å². The van der Waals surface area contributed by atoms with Crippen molar-refractivity contribution in [3.8, 4) is 0 Å². The molecule has 14 heavy (non-hydrogen) atoms. The zero-order chi connectivity index (χ0) is 10.3. The van der Waals surface area contributed by atoms with Crippen LogP contribution >= 0.6 is 0 Å². The second kappa shape index (κ2) is 3.12. The van der Waals surface area contributed by atoms with Gasteiger partial charge in [-0.3, -0.25) is 0 Å². The average molecular weight is 189 g/mol. The third-order valence-electron chi connectivity index (χ3n) is 2.98. The summed E-state index contributed by atoms with van der Waals surface area (Å²) in [5, 5.41) is 0. The van der Waals surface area contributed by atoms with Gasteiger partial charge in [0.15, 0.2) is 11.0 Å². The Hall–Kier alpha value is -1.31. The van der Waals surface area contributed by atoms with Gasteiger partial charge in [-0.2, -0.15) is 0 Å². The van der Waals surface area contributed by atoms with E-state index in [2.05, 4.69) is 55.2 Å². The van der Waals surface area contributed by atoms with Gasteiger partial charge in [0.05, 0.1) is 13.6 Å². The predicted octanol–water partition coefficient (Wildman–Crippen LogP) is 2.10. The normalized spacial score (nSPS) is 11.1. The monoisotopic (exact) mass is 189 g/mol. The Balaban J connectivity index is 2.89. The van der Waals surface area contributed by atoms with Crippen molar-refractivity contribution in [1.82, 2.24) is 4.57 Å². The standard InChI is InChI=1S/C12H17N2/c1-5-14-10(3)13(4)11-7-6-9(2)8-12(11)14/h6-8H,5H2,1-4H3/q+1. The van der Waals surface area contributed by atoms with Gasteiger partial charge in [0.1, 0.15) is 0 Å². The molecule has 0 atom stereocenters. The average Bonchev–Trinajstić information content (AvgIpc) is 2.39. The third-order valence-corrected chi connectivity index (χ3v) is 2.98. The second-order valence-electron chi connectivity index (χ2n) is 3.84. The largest absolute Gasteiger partial charge is 0.253 e. The zero-order valence-corrected chi connectivity index (χ0v) is 9.33. The molecule has 0 bridgehead atoms. The minimum atomic E-state index is 1.03. The van der Waals surface area contributed by atoms with Gasteiger partial charge in [0.2, 0.25) is 0 Å². The van der Waals surface area contributed by atoms with Crippen LogP contribution in [0.25, 0.3) is 11.0 Å². The lowest BCUT2D eigenvalue weighted by molar-refractivity contribution is -0.652. The summed E-state index contributed by atoms with van der Waals surface area (Å²) < 4.78 is 4.60. The Morgan fingerprint density at radius 2 is 2.00 bits per heavy atom. The van der Waals surface area contributed by atoms with Crippen LogP contribution in [-0.2, 0) is 13.6 Å². The summed E-state index contributed by atoms with van der Waals surface area (Å²) in [5.41, 5.74) is 3.98. The number of fused-ring (bicyclic) bond motifs is 1. The van der Waals surface area contributed by atoms with Crippen molar-refractivity contribution in [1.29, 1.82) is 0 Å². The molecule has 0 spiro atoms. The van der Waals surface area contributed by atoms with Gasteiger partial charge >= 0.3 is 0 Å². The molecule has 0 unspecified atom stereocenters. The number of benzene rings is 1. The summed E-state index contributed by atoms with van der Waals surface area (Å²) >= 11 is 0. The fourth-order valence-corrected chi connectivity index (χ4v) is 2.06. The van der Waals surface area contributed by atoms with Gasteiger partial charge in [-0.1, -0.05) is 6.07 Å². The zero-order valence-electron chi connectivity index (χ0n) is 9.33. The van der Waals surface area contributed by atoms with Gasteiger partial charge in [-0.05, 0) is 31.5 Å². The first-order chi connectivity index (χ1) is 6.65. The van der Waals surface area contributed by atoms with E-state index >= 15 is 0 Å². The van der Waals surface area contributed by atoms with Crippen molar-refractivity contribution in [2.24, 2.45) is 7.05 Å². The van der Waals surface area contributed by atoms with Crippen molar-refractivity contribution in [2.45, 2.75) is 27.3 Å². The number of hydrogen-bond acceptors (Lipinski definition) is 0. The minimum absolute atomic E-state index is 1.03. The van der Waals surface area contributed by atoms with Crippen LogP contribution in [0.5, 0.6) is 0 Å². The molecule has 0 saturated carbocycles. The summed E-state index contributed by atoms with van der Waals surface area (Å²) in [7, 11) is 2.12. The minimum Gasteiger partial charge on any atom is -0.230 e. The Kier molecular flexibility index (Phi) is 2.06. The molecule has 1 aromatic heterocycles. The number of aryl methyl sites for hydroxylation is 3.